The lowest BCUT2D eigenvalue weighted by Crippen LogP contribution is -2.42. The molecular formula is C23H23ClN4O2S. The molecule has 2 aliphatic rings. The third kappa shape index (κ3) is 4.38. The number of carbonyl (C=O) groups is 2. The number of halogens is 1. The van der Waals surface area contributed by atoms with E-state index in [-0.39, 0.29) is 11.8 Å². The number of carbonyl (C=O) groups excluding carboxylic acids is 2. The summed E-state index contributed by atoms with van der Waals surface area (Å²) in [5.41, 5.74) is 2.24. The van der Waals surface area contributed by atoms with Crippen LogP contribution in [0.1, 0.15) is 38.7 Å². The molecule has 2 atom stereocenters. The second-order valence-corrected chi connectivity index (χ2v) is 8.96. The number of nitrogens with one attached hydrogen (secondary N) is 1. The molecule has 0 radical (unpaired) electrons. The number of para-hydroxylation sites is 1. The Kier molecular flexibility index (Phi) is 6.43. The van der Waals surface area contributed by atoms with Crippen LogP contribution in [0.2, 0.25) is 5.02 Å². The van der Waals surface area contributed by atoms with Crippen molar-refractivity contribution in [2.45, 2.75) is 44.4 Å². The van der Waals surface area contributed by atoms with Gasteiger partial charge < -0.3 is 5.32 Å². The van der Waals surface area contributed by atoms with Gasteiger partial charge in [0.25, 0.3) is 5.91 Å². The van der Waals surface area contributed by atoms with Gasteiger partial charge in [-0.2, -0.15) is 0 Å². The van der Waals surface area contributed by atoms with Crippen LogP contribution in [-0.4, -0.2) is 39.0 Å². The maximum Gasteiger partial charge on any atom is 0.259 e. The fraction of sp³-hybridized carbons (Fsp3) is 0.304. The van der Waals surface area contributed by atoms with E-state index in [2.05, 4.69) is 5.32 Å². The molecule has 0 spiro atoms. The Hall–Kier alpha value is -2.64. The largest absolute Gasteiger partial charge is 0.325 e. The maximum absolute atomic E-state index is 13.1. The van der Waals surface area contributed by atoms with E-state index in [0.717, 1.165) is 17.7 Å². The monoisotopic (exact) mass is 454 g/mol. The third-order valence-electron chi connectivity index (χ3n) is 5.11. The van der Waals surface area contributed by atoms with Gasteiger partial charge >= 0.3 is 0 Å². The summed E-state index contributed by atoms with van der Waals surface area (Å²) in [6.45, 7) is 3.98. The Morgan fingerprint density at radius 2 is 2.03 bits per heavy atom. The molecule has 31 heavy (non-hydrogen) atoms. The van der Waals surface area contributed by atoms with Gasteiger partial charge in [0.05, 0.1) is 10.9 Å². The summed E-state index contributed by atoms with van der Waals surface area (Å²) in [6.07, 6.45) is 2.12. The highest BCUT2D eigenvalue weighted by Crippen LogP contribution is 2.36. The summed E-state index contributed by atoms with van der Waals surface area (Å²) in [5, 5.41) is 3.53. The predicted octanol–water partition coefficient (Wildman–Crippen LogP) is 5.25. The molecule has 2 aliphatic heterocycles. The first-order valence-corrected chi connectivity index (χ1v) is 11.6. The number of nitrogens with zero attached hydrogens (tertiary/aromatic N) is 3. The molecular weight excluding hydrogens is 432 g/mol. The fourth-order valence-electron chi connectivity index (χ4n) is 3.58. The highest BCUT2D eigenvalue weighted by molar-refractivity contribution is 8.15. The maximum atomic E-state index is 13.1. The van der Waals surface area contributed by atoms with E-state index in [1.54, 1.807) is 29.2 Å². The number of amides is 2. The number of anilines is 1. The summed E-state index contributed by atoms with van der Waals surface area (Å²) in [4.78, 5) is 37.1. The highest BCUT2D eigenvalue weighted by atomic mass is 35.5. The molecule has 2 heterocycles. The SMILES string of the molecule is CCC[C@H]1N=C2c3ccccc3N=C(S[C@@H](CC)C(=O)Nc3cccc(Cl)c3)N2C1=O. The minimum absolute atomic E-state index is 0.0808. The molecule has 4 rings (SSSR count). The quantitative estimate of drug-likeness (QED) is 0.647. The van der Waals surface area contributed by atoms with Crippen LogP contribution in [0.4, 0.5) is 11.4 Å². The van der Waals surface area contributed by atoms with Gasteiger partial charge in [-0.05, 0) is 43.2 Å². The predicted molar refractivity (Wildman–Crippen MR) is 127 cm³/mol. The van der Waals surface area contributed by atoms with Crippen molar-refractivity contribution in [3.8, 4) is 0 Å². The van der Waals surface area contributed by atoms with Gasteiger partial charge in [0.15, 0.2) is 5.17 Å². The first-order valence-electron chi connectivity index (χ1n) is 10.3. The number of aliphatic imine (C=N–C) groups is 2. The summed E-state index contributed by atoms with van der Waals surface area (Å²) >= 11 is 7.32. The first kappa shape index (κ1) is 21.6. The van der Waals surface area contributed by atoms with Crippen LogP contribution in [-0.2, 0) is 9.59 Å². The van der Waals surface area contributed by atoms with Gasteiger partial charge in [-0.25, -0.2) is 9.89 Å². The molecule has 0 saturated heterocycles. The highest BCUT2D eigenvalue weighted by Gasteiger charge is 2.41. The molecule has 6 nitrogen and oxygen atoms in total. The summed E-state index contributed by atoms with van der Waals surface area (Å²) in [7, 11) is 0. The van der Waals surface area contributed by atoms with Crippen LogP contribution in [0.15, 0.2) is 58.5 Å². The van der Waals surface area contributed by atoms with Crippen molar-refractivity contribution in [2.24, 2.45) is 9.98 Å². The van der Waals surface area contributed by atoms with Gasteiger partial charge in [0.1, 0.15) is 11.9 Å². The molecule has 0 aromatic heterocycles. The van der Waals surface area contributed by atoms with E-state index in [9.17, 15) is 9.59 Å². The third-order valence-corrected chi connectivity index (χ3v) is 6.66. The van der Waals surface area contributed by atoms with Gasteiger partial charge in [0.2, 0.25) is 5.91 Å². The number of amidine groups is 2. The van der Waals surface area contributed by atoms with Crippen LogP contribution in [0.3, 0.4) is 0 Å². The molecule has 0 aliphatic carbocycles. The van der Waals surface area contributed by atoms with Crippen LogP contribution in [0.5, 0.6) is 0 Å². The number of fused-ring (bicyclic) bond motifs is 3. The molecule has 0 unspecified atom stereocenters. The van der Waals surface area contributed by atoms with E-state index in [1.165, 1.54) is 11.8 Å². The number of hydrogen-bond donors (Lipinski definition) is 1. The number of thioether (sulfide) groups is 1. The number of hydrogen-bond acceptors (Lipinski definition) is 5. The Labute approximate surface area is 190 Å². The van der Waals surface area contributed by atoms with E-state index in [1.807, 2.05) is 38.1 Å². The second-order valence-electron chi connectivity index (χ2n) is 7.36. The average molecular weight is 455 g/mol. The lowest BCUT2D eigenvalue weighted by Gasteiger charge is -2.27. The number of benzene rings is 2. The molecule has 0 fully saturated rings. The average Bonchev–Trinajstić information content (AvgIpc) is 3.09. The van der Waals surface area contributed by atoms with Crippen molar-refractivity contribution < 1.29 is 9.59 Å². The van der Waals surface area contributed by atoms with Crippen molar-refractivity contribution in [3.63, 3.8) is 0 Å². The molecule has 0 saturated carbocycles. The van der Waals surface area contributed by atoms with Gasteiger partial charge in [-0.3, -0.25) is 14.6 Å². The van der Waals surface area contributed by atoms with E-state index in [4.69, 9.17) is 21.6 Å². The Bertz CT molecular complexity index is 1080. The zero-order chi connectivity index (χ0) is 22.0. The first-order chi connectivity index (χ1) is 15.0. The van der Waals surface area contributed by atoms with Crippen LogP contribution < -0.4 is 5.32 Å². The van der Waals surface area contributed by atoms with Gasteiger partial charge in [0, 0.05) is 16.3 Å². The second kappa shape index (κ2) is 9.24. The minimum atomic E-state index is -0.428. The standard InChI is InChI=1S/C23H23ClN4O2S/c1-3-8-18-22(30)28-20(26-18)16-11-5-6-12-17(16)27-23(28)31-19(4-2)21(29)25-15-10-7-9-14(24)13-15/h5-7,9-13,18-19H,3-4,8H2,1-2H3,(H,25,29)/t18-,19+/m1/s1. The fourth-order valence-corrected chi connectivity index (χ4v) is 4.79. The molecule has 2 aromatic rings. The smallest absolute Gasteiger partial charge is 0.259 e. The van der Waals surface area contributed by atoms with E-state index < -0.39 is 11.3 Å². The van der Waals surface area contributed by atoms with Crippen LogP contribution >= 0.6 is 23.4 Å². The van der Waals surface area contributed by atoms with Crippen LogP contribution in [0, 0.1) is 0 Å². The summed E-state index contributed by atoms with van der Waals surface area (Å²) < 4.78 is 0. The molecule has 2 aromatic carbocycles. The molecule has 1 N–H and O–H groups in total. The number of rotatable bonds is 6. The minimum Gasteiger partial charge on any atom is -0.325 e. The zero-order valence-electron chi connectivity index (χ0n) is 17.3. The Morgan fingerprint density at radius 3 is 2.77 bits per heavy atom. The molecule has 160 valence electrons. The molecule has 8 heteroatoms. The lowest BCUT2D eigenvalue weighted by atomic mass is 10.1. The van der Waals surface area contributed by atoms with Gasteiger partial charge in [-0.15, -0.1) is 0 Å². The molecule has 2 amide bonds. The Balaban J connectivity index is 1.61. The normalized spacial score (nSPS) is 18.1. The van der Waals surface area contributed by atoms with Crippen molar-refractivity contribution in [3.05, 3.63) is 59.1 Å². The zero-order valence-corrected chi connectivity index (χ0v) is 18.9. The lowest BCUT2D eigenvalue weighted by molar-refractivity contribution is -0.124. The van der Waals surface area contributed by atoms with Crippen molar-refractivity contribution >= 4 is 57.6 Å². The van der Waals surface area contributed by atoms with E-state index in [0.29, 0.717) is 34.6 Å². The van der Waals surface area contributed by atoms with Gasteiger partial charge in [-0.1, -0.05) is 61.8 Å². The van der Waals surface area contributed by atoms with Crippen molar-refractivity contribution in [1.82, 2.24) is 4.90 Å². The summed E-state index contributed by atoms with van der Waals surface area (Å²) in [5.74, 6) is 0.385. The van der Waals surface area contributed by atoms with E-state index >= 15 is 0 Å². The van der Waals surface area contributed by atoms with Crippen LogP contribution in [0.25, 0.3) is 0 Å². The Morgan fingerprint density at radius 1 is 1.23 bits per heavy atom. The van der Waals surface area contributed by atoms with Crippen molar-refractivity contribution in [1.29, 1.82) is 0 Å². The van der Waals surface area contributed by atoms with Crippen molar-refractivity contribution in [2.75, 3.05) is 5.32 Å². The molecule has 0 bridgehead atoms. The summed E-state index contributed by atoms with van der Waals surface area (Å²) in [6, 6.07) is 14.3. The topological polar surface area (TPSA) is 74.1 Å².